The summed E-state index contributed by atoms with van der Waals surface area (Å²) in [6, 6.07) is 12.6. The lowest BCUT2D eigenvalue weighted by atomic mass is 10.1. The first-order valence-corrected chi connectivity index (χ1v) is 16.1. The fraction of sp³-hybridized carbons (Fsp3) is 0.194. The molecule has 0 aliphatic heterocycles. The Bertz CT molecular complexity index is 2190. The van der Waals surface area contributed by atoms with E-state index in [2.05, 4.69) is 26.4 Å². The minimum absolute atomic E-state index is 0.00511. The van der Waals surface area contributed by atoms with Gasteiger partial charge >= 0.3 is 6.18 Å². The van der Waals surface area contributed by atoms with Crippen molar-refractivity contribution in [3.05, 3.63) is 111 Å². The zero-order valence-corrected chi connectivity index (χ0v) is 29.3. The summed E-state index contributed by atoms with van der Waals surface area (Å²) < 4.78 is 75.2. The van der Waals surface area contributed by atoms with Crippen LogP contribution in [0.5, 0.6) is 11.5 Å². The summed E-state index contributed by atoms with van der Waals surface area (Å²) in [6.07, 6.45) is -4.23. The second-order valence-corrected chi connectivity index (χ2v) is 11.4. The highest BCUT2D eigenvalue weighted by Gasteiger charge is 2.32. The van der Waals surface area contributed by atoms with Gasteiger partial charge in [0.25, 0.3) is 17.7 Å². The summed E-state index contributed by atoms with van der Waals surface area (Å²) in [4.78, 5) is 48.1. The Morgan fingerprint density at radius 2 is 1.55 bits per heavy atom. The zero-order chi connectivity index (χ0) is 39.0. The topological polar surface area (TPSA) is 143 Å². The summed E-state index contributed by atoms with van der Waals surface area (Å²) in [5.74, 6) is -4.03. The number of aryl methyl sites for hydroxylation is 1. The number of nitrogens with one attached hydrogen (secondary N) is 4. The maximum atomic E-state index is 14.1. The van der Waals surface area contributed by atoms with E-state index < -0.39 is 40.8 Å². The summed E-state index contributed by atoms with van der Waals surface area (Å²) in [5, 5.41) is 15.0. The molecule has 0 aliphatic carbocycles. The maximum Gasteiger partial charge on any atom is 0.416 e. The summed E-state index contributed by atoms with van der Waals surface area (Å²) >= 11 is 6.20. The summed E-state index contributed by atoms with van der Waals surface area (Å²) in [7, 11) is 3.08. The molecule has 5 rings (SSSR count). The zero-order valence-electron chi connectivity index (χ0n) is 28.5. The third-order valence-corrected chi connectivity index (χ3v) is 7.70. The summed E-state index contributed by atoms with van der Waals surface area (Å²) in [6.45, 7) is 4.33. The van der Waals surface area contributed by atoms with Crippen molar-refractivity contribution in [1.29, 1.82) is 0 Å². The van der Waals surface area contributed by atoms with Crippen LogP contribution in [-0.4, -0.2) is 53.9 Å². The van der Waals surface area contributed by atoms with Gasteiger partial charge in [0.2, 0.25) is 0 Å². The molecule has 4 N–H and O–H groups in total. The Hall–Kier alpha value is -6.03. The van der Waals surface area contributed by atoms with Crippen molar-refractivity contribution < 1.29 is 45.9 Å². The molecule has 278 valence electrons. The van der Waals surface area contributed by atoms with Crippen molar-refractivity contribution >= 4 is 58.0 Å². The molecule has 0 unspecified atom stereocenters. The standard InChI is InChI=1S/C26H21ClF5N5O3.C10H11NO2/c1-4-34-25(39)16-11-18(35-24(38)12-7-13(26(30,31)32)9-15(29)8-12)22(20-21(16)37(3)36-23(20)33-2)40-19-10-14(28)5-6-17(19)27;1-2-11-10(13)9-6-4-3-5-8(9)7-12/h5-11H,4H2,1-3H3,(H,33,36)(H,34,39)(H,35,38);3-7H,2H2,1H3,(H,11,13). The van der Waals surface area contributed by atoms with Gasteiger partial charge in [-0.2, -0.15) is 18.3 Å². The highest BCUT2D eigenvalue weighted by molar-refractivity contribution is 6.32. The highest BCUT2D eigenvalue weighted by atomic mass is 35.5. The van der Waals surface area contributed by atoms with E-state index in [0.717, 1.165) is 12.1 Å². The van der Waals surface area contributed by atoms with Gasteiger partial charge in [0.15, 0.2) is 17.9 Å². The van der Waals surface area contributed by atoms with Crippen molar-refractivity contribution in [2.45, 2.75) is 20.0 Å². The number of rotatable bonds is 10. The number of benzene rings is 4. The van der Waals surface area contributed by atoms with E-state index in [0.29, 0.717) is 36.1 Å². The first-order chi connectivity index (χ1) is 25.1. The Morgan fingerprint density at radius 3 is 2.17 bits per heavy atom. The van der Waals surface area contributed by atoms with Crippen LogP contribution in [0.25, 0.3) is 10.9 Å². The number of carbonyl (C=O) groups excluding carboxylic acids is 4. The smallest absolute Gasteiger partial charge is 0.416 e. The largest absolute Gasteiger partial charge is 0.453 e. The van der Waals surface area contributed by atoms with E-state index in [1.54, 1.807) is 38.2 Å². The summed E-state index contributed by atoms with van der Waals surface area (Å²) in [5.41, 5.74) is -1.10. The lowest BCUT2D eigenvalue weighted by molar-refractivity contribution is -0.137. The third-order valence-electron chi connectivity index (χ3n) is 7.39. The van der Waals surface area contributed by atoms with E-state index in [1.165, 1.54) is 23.9 Å². The van der Waals surface area contributed by atoms with Crippen molar-refractivity contribution in [2.24, 2.45) is 7.05 Å². The van der Waals surface area contributed by atoms with Crippen LogP contribution in [0.3, 0.4) is 0 Å². The first-order valence-electron chi connectivity index (χ1n) is 15.8. The van der Waals surface area contributed by atoms with Gasteiger partial charge in [-0.15, -0.1) is 0 Å². The van der Waals surface area contributed by atoms with Crippen LogP contribution >= 0.6 is 11.6 Å². The highest BCUT2D eigenvalue weighted by Crippen LogP contribution is 2.44. The number of nitrogens with zero attached hydrogens (tertiary/aromatic N) is 2. The average Bonchev–Trinajstić information content (AvgIpc) is 3.46. The lowest BCUT2D eigenvalue weighted by Gasteiger charge is -2.18. The molecular weight excluding hydrogens is 727 g/mol. The Kier molecular flexibility index (Phi) is 12.7. The van der Waals surface area contributed by atoms with Gasteiger partial charge < -0.3 is 26.0 Å². The fourth-order valence-electron chi connectivity index (χ4n) is 5.07. The first kappa shape index (κ1) is 39.8. The molecule has 0 aliphatic rings. The molecule has 0 radical (unpaired) electrons. The number of halogens is 6. The van der Waals surface area contributed by atoms with Gasteiger partial charge in [-0.1, -0.05) is 29.8 Å². The number of aromatic nitrogens is 2. The number of amides is 3. The molecule has 1 aromatic heterocycles. The molecule has 0 spiro atoms. The predicted molar refractivity (Wildman–Crippen MR) is 189 cm³/mol. The molecule has 0 atom stereocenters. The number of anilines is 2. The Morgan fingerprint density at radius 1 is 0.887 bits per heavy atom. The molecule has 4 aromatic carbocycles. The van der Waals surface area contributed by atoms with Gasteiger partial charge in [0.1, 0.15) is 17.4 Å². The van der Waals surface area contributed by atoms with Gasteiger partial charge in [0.05, 0.1) is 32.7 Å². The van der Waals surface area contributed by atoms with Crippen molar-refractivity contribution in [2.75, 3.05) is 30.8 Å². The van der Waals surface area contributed by atoms with Crippen molar-refractivity contribution in [3.8, 4) is 11.5 Å². The fourth-order valence-corrected chi connectivity index (χ4v) is 5.23. The molecule has 0 fully saturated rings. The van der Waals surface area contributed by atoms with E-state index in [1.807, 2.05) is 6.92 Å². The van der Waals surface area contributed by atoms with Gasteiger partial charge in [-0.05, 0) is 56.3 Å². The number of hydrogen-bond acceptors (Lipinski definition) is 7. The number of aldehydes is 1. The molecule has 53 heavy (non-hydrogen) atoms. The van der Waals surface area contributed by atoms with Crippen LogP contribution in [0.15, 0.2) is 66.7 Å². The molecule has 17 heteroatoms. The average molecular weight is 759 g/mol. The predicted octanol–water partition coefficient (Wildman–Crippen LogP) is 7.61. The Balaban J connectivity index is 0.000000407. The second kappa shape index (κ2) is 17.0. The molecule has 1 heterocycles. The van der Waals surface area contributed by atoms with E-state index in [9.17, 15) is 41.1 Å². The van der Waals surface area contributed by atoms with Crippen LogP contribution in [0, 0.1) is 11.6 Å². The van der Waals surface area contributed by atoms with Gasteiger partial charge in [0, 0.05) is 49.9 Å². The number of ether oxygens (including phenoxy) is 1. The van der Waals surface area contributed by atoms with E-state index in [-0.39, 0.29) is 63.0 Å². The monoisotopic (exact) mass is 758 g/mol. The SMILES string of the molecule is CCNC(=O)c1cc(NC(=O)c2cc(F)cc(C(F)(F)F)c2)c(Oc2cc(F)ccc2Cl)c2c(NC)nn(C)c12.CCNC(=O)c1ccccc1C=O. The Labute approximate surface area is 304 Å². The molecule has 0 saturated carbocycles. The second-order valence-electron chi connectivity index (χ2n) is 11.0. The minimum atomic E-state index is -4.92. The van der Waals surface area contributed by atoms with E-state index >= 15 is 0 Å². The molecule has 0 bridgehead atoms. The normalized spacial score (nSPS) is 10.9. The lowest BCUT2D eigenvalue weighted by Crippen LogP contribution is -2.24. The molecule has 11 nitrogen and oxygen atoms in total. The van der Waals surface area contributed by atoms with Crippen molar-refractivity contribution in [3.63, 3.8) is 0 Å². The molecule has 3 amide bonds. The number of carbonyl (C=O) groups is 4. The molecule has 5 aromatic rings. The third kappa shape index (κ3) is 9.26. The minimum Gasteiger partial charge on any atom is -0.453 e. The number of fused-ring (bicyclic) bond motifs is 1. The van der Waals surface area contributed by atoms with E-state index in [4.69, 9.17) is 16.3 Å². The molecule has 0 saturated heterocycles. The van der Waals surface area contributed by atoms with Crippen LogP contribution in [0.4, 0.5) is 33.5 Å². The van der Waals surface area contributed by atoms with Gasteiger partial charge in [-0.25, -0.2) is 8.78 Å². The van der Waals surface area contributed by atoms with Crippen LogP contribution in [-0.2, 0) is 13.2 Å². The maximum absolute atomic E-state index is 14.1. The number of alkyl halides is 3. The quantitative estimate of drug-likeness (QED) is 0.0848. The van der Waals surface area contributed by atoms with Crippen LogP contribution < -0.4 is 26.0 Å². The van der Waals surface area contributed by atoms with Crippen LogP contribution in [0.2, 0.25) is 5.02 Å². The van der Waals surface area contributed by atoms with Crippen LogP contribution in [0.1, 0.15) is 60.8 Å². The van der Waals surface area contributed by atoms with Gasteiger partial charge in [-0.3, -0.25) is 23.9 Å². The molecular formula is C36H32ClF5N6O5. The van der Waals surface area contributed by atoms with Crippen molar-refractivity contribution in [1.82, 2.24) is 20.4 Å². The number of hydrogen-bond donors (Lipinski definition) is 4.